The van der Waals surface area contributed by atoms with Crippen molar-refractivity contribution in [3.8, 4) is 0 Å². The maximum absolute atomic E-state index is 4.56. The topological polar surface area (TPSA) is 41.1 Å². The molecule has 2 heterocycles. The van der Waals surface area contributed by atoms with Crippen molar-refractivity contribution in [2.45, 2.75) is 46.2 Å². The molecule has 1 aliphatic rings. The Morgan fingerprint density at radius 3 is 2.83 bits per heavy atom. The highest BCUT2D eigenvalue weighted by Crippen LogP contribution is 2.26. The summed E-state index contributed by atoms with van der Waals surface area (Å²) in [5.74, 6) is 1.76. The van der Waals surface area contributed by atoms with Gasteiger partial charge in [0, 0.05) is 19.1 Å². The van der Waals surface area contributed by atoms with Crippen molar-refractivity contribution >= 4 is 5.82 Å². The molecule has 1 fully saturated rings. The molecule has 0 radical (unpaired) electrons. The number of hydrogen-bond acceptors (Lipinski definition) is 4. The van der Waals surface area contributed by atoms with E-state index in [1.165, 1.54) is 12.8 Å². The number of rotatable bonds is 4. The molecule has 1 N–H and O–H groups in total. The third-order valence-corrected chi connectivity index (χ3v) is 3.92. The normalized spacial score (nSPS) is 24.3. The van der Waals surface area contributed by atoms with Crippen LogP contribution in [0.5, 0.6) is 0 Å². The summed E-state index contributed by atoms with van der Waals surface area (Å²) in [7, 11) is 0. The molecule has 1 saturated heterocycles. The van der Waals surface area contributed by atoms with E-state index in [4.69, 9.17) is 0 Å². The minimum Gasteiger partial charge on any atom is -0.352 e. The van der Waals surface area contributed by atoms with Crippen LogP contribution >= 0.6 is 0 Å². The van der Waals surface area contributed by atoms with E-state index in [2.05, 4.69) is 41.0 Å². The van der Waals surface area contributed by atoms with Crippen LogP contribution < -0.4 is 10.2 Å². The molecule has 0 saturated carbocycles. The summed E-state index contributed by atoms with van der Waals surface area (Å²) in [6, 6.07) is 0.563. The monoisotopic (exact) mass is 248 g/mol. The first kappa shape index (κ1) is 13.3. The van der Waals surface area contributed by atoms with Gasteiger partial charge in [0.15, 0.2) is 0 Å². The lowest BCUT2D eigenvalue weighted by Crippen LogP contribution is -2.43. The van der Waals surface area contributed by atoms with Gasteiger partial charge in [0.1, 0.15) is 5.82 Å². The average Bonchev–Trinajstić information content (AvgIpc) is 2.40. The summed E-state index contributed by atoms with van der Waals surface area (Å²) in [6.45, 7) is 9.58. The molecule has 0 bridgehead atoms. The first-order valence-corrected chi connectivity index (χ1v) is 7.00. The van der Waals surface area contributed by atoms with E-state index < -0.39 is 0 Å². The molecule has 0 amide bonds. The first-order valence-electron chi connectivity index (χ1n) is 7.00. The van der Waals surface area contributed by atoms with Crippen molar-refractivity contribution < 1.29 is 0 Å². The second kappa shape index (κ2) is 6.14. The van der Waals surface area contributed by atoms with Crippen LogP contribution in [0.4, 0.5) is 5.82 Å². The molecule has 100 valence electrons. The molecule has 1 aliphatic heterocycles. The molecule has 18 heavy (non-hydrogen) atoms. The fourth-order valence-electron chi connectivity index (χ4n) is 2.50. The van der Waals surface area contributed by atoms with Crippen molar-refractivity contribution in [3.63, 3.8) is 0 Å². The largest absolute Gasteiger partial charge is 0.352 e. The van der Waals surface area contributed by atoms with Crippen LogP contribution in [-0.4, -0.2) is 29.1 Å². The highest BCUT2D eigenvalue weighted by atomic mass is 15.2. The maximum atomic E-state index is 4.56. The van der Waals surface area contributed by atoms with E-state index in [-0.39, 0.29) is 0 Å². The van der Waals surface area contributed by atoms with Crippen molar-refractivity contribution in [1.29, 1.82) is 0 Å². The van der Waals surface area contributed by atoms with Crippen LogP contribution in [0, 0.1) is 5.92 Å². The Morgan fingerprint density at radius 2 is 2.17 bits per heavy atom. The number of hydrogen-bond donors (Lipinski definition) is 1. The Labute approximate surface area is 110 Å². The van der Waals surface area contributed by atoms with Gasteiger partial charge in [0.05, 0.1) is 18.1 Å². The SMILES string of the molecule is CCNCc1cnc(N2CCCC(C)C2C)cn1. The molecule has 2 rings (SSSR count). The van der Waals surface area contributed by atoms with Crippen LogP contribution in [0.1, 0.15) is 39.3 Å². The van der Waals surface area contributed by atoms with Crippen molar-refractivity contribution in [2.75, 3.05) is 18.0 Å². The van der Waals surface area contributed by atoms with Gasteiger partial charge in [-0.15, -0.1) is 0 Å². The third-order valence-electron chi connectivity index (χ3n) is 3.92. The fourth-order valence-corrected chi connectivity index (χ4v) is 2.50. The molecule has 0 aromatic carbocycles. The van der Waals surface area contributed by atoms with Crippen molar-refractivity contribution in [2.24, 2.45) is 5.92 Å². The highest BCUT2D eigenvalue weighted by Gasteiger charge is 2.25. The molecule has 0 aliphatic carbocycles. The predicted molar refractivity (Wildman–Crippen MR) is 74.6 cm³/mol. The zero-order valence-electron chi connectivity index (χ0n) is 11.7. The fraction of sp³-hybridized carbons (Fsp3) is 0.714. The van der Waals surface area contributed by atoms with Crippen LogP contribution in [0.25, 0.3) is 0 Å². The van der Waals surface area contributed by atoms with E-state index in [1.807, 2.05) is 12.4 Å². The summed E-state index contributed by atoms with van der Waals surface area (Å²) in [5.41, 5.74) is 1.01. The van der Waals surface area contributed by atoms with Crippen molar-refractivity contribution in [1.82, 2.24) is 15.3 Å². The second-order valence-electron chi connectivity index (χ2n) is 5.20. The lowest BCUT2D eigenvalue weighted by molar-refractivity contribution is 0.361. The molecule has 1 aromatic rings. The van der Waals surface area contributed by atoms with E-state index in [1.54, 1.807) is 0 Å². The molecular weight excluding hydrogens is 224 g/mol. The minimum absolute atomic E-state index is 0.563. The third kappa shape index (κ3) is 2.99. The van der Waals surface area contributed by atoms with Gasteiger partial charge in [-0.3, -0.25) is 4.98 Å². The molecular formula is C14H24N4. The first-order chi connectivity index (χ1) is 8.72. The summed E-state index contributed by atoms with van der Waals surface area (Å²) in [4.78, 5) is 11.4. The molecule has 0 spiro atoms. The highest BCUT2D eigenvalue weighted by molar-refractivity contribution is 5.38. The Morgan fingerprint density at radius 1 is 1.33 bits per heavy atom. The zero-order chi connectivity index (χ0) is 13.0. The van der Waals surface area contributed by atoms with Gasteiger partial charge in [0.2, 0.25) is 0 Å². The summed E-state index contributed by atoms with van der Waals surface area (Å²) < 4.78 is 0. The van der Waals surface area contributed by atoms with Gasteiger partial charge in [-0.25, -0.2) is 4.98 Å². The summed E-state index contributed by atoms with van der Waals surface area (Å²) in [6.07, 6.45) is 6.39. The number of aromatic nitrogens is 2. The van der Waals surface area contributed by atoms with Crippen LogP contribution in [0.15, 0.2) is 12.4 Å². The molecule has 2 atom stereocenters. The van der Waals surface area contributed by atoms with Gasteiger partial charge >= 0.3 is 0 Å². The Hall–Kier alpha value is -1.16. The number of piperidine rings is 1. The quantitative estimate of drug-likeness (QED) is 0.887. The van der Waals surface area contributed by atoms with E-state index in [0.717, 1.165) is 37.1 Å². The van der Waals surface area contributed by atoms with Gasteiger partial charge in [-0.1, -0.05) is 13.8 Å². The van der Waals surface area contributed by atoms with Gasteiger partial charge in [-0.2, -0.15) is 0 Å². The van der Waals surface area contributed by atoms with Gasteiger partial charge in [-0.05, 0) is 32.2 Å². The van der Waals surface area contributed by atoms with E-state index >= 15 is 0 Å². The molecule has 1 aromatic heterocycles. The van der Waals surface area contributed by atoms with E-state index in [0.29, 0.717) is 6.04 Å². The van der Waals surface area contributed by atoms with Gasteiger partial charge < -0.3 is 10.2 Å². The summed E-state index contributed by atoms with van der Waals surface area (Å²) in [5, 5.41) is 3.26. The smallest absolute Gasteiger partial charge is 0.147 e. The lowest BCUT2D eigenvalue weighted by atomic mass is 9.92. The second-order valence-corrected chi connectivity index (χ2v) is 5.20. The number of nitrogens with one attached hydrogen (secondary N) is 1. The Balaban J connectivity index is 2.04. The standard InChI is InChI=1S/C14H24N4/c1-4-15-8-13-9-17-14(10-16-13)18-7-5-6-11(2)12(18)3/h9-12,15H,4-8H2,1-3H3. The predicted octanol–water partition coefficient (Wildman–Crippen LogP) is 2.21. The van der Waals surface area contributed by atoms with Crippen LogP contribution in [0.2, 0.25) is 0 Å². The van der Waals surface area contributed by atoms with Gasteiger partial charge in [0.25, 0.3) is 0 Å². The molecule has 4 heteroatoms. The number of nitrogens with zero attached hydrogens (tertiary/aromatic N) is 3. The van der Waals surface area contributed by atoms with Crippen LogP contribution in [0.3, 0.4) is 0 Å². The Kier molecular flexibility index (Phi) is 4.53. The van der Waals surface area contributed by atoms with Crippen molar-refractivity contribution in [3.05, 3.63) is 18.1 Å². The molecule has 2 unspecified atom stereocenters. The summed E-state index contributed by atoms with van der Waals surface area (Å²) >= 11 is 0. The Bertz CT molecular complexity index is 363. The maximum Gasteiger partial charge on any atom is 0.147 e. The number of anilines is 1. The average molecular weight is 248 g/mol. The van der Waals surface area contributed by atoms with Crippen LogP contribution in [-0.2, 0) is 6.54 Å². The molecule has 4 nitrogen and oxygen atoms in total. The lowest BCUT2D eigenvalue weighted by Gasteiger charge is -2.38. The van der Waals surface area contributed by atoms with E-state index in [9.17, 15) is 0 Å². The minimum atomic E-state index is 0.563. The zero-order valence-corrected chi connectivity index (χ0v) is 11.7.